The van der Waals surface area contributed by atoms with Crippen LogP contribution < -0.4 is 16.0 Å². The number of anilines is 1. The van der Waals surface area contributed by atoms with Gasteiger partial charge >= 0.3 is 0 Å². The van der Waals surface area contributed by atoms with Crippen molar-refractivity contribution in [3.8, 4) is 5.75 Å². The average Bonchev–Trinajstić information content (AvgIpc) is 2.05. The van der Waals surface area contributed by atoms with Crippen molar-refractivity contribution in [2.75, 3.05) is 12.5 Å². The first-order chi connectivity index (χ1) is 5.27. The van der Waals surface area contributed by atoms with Gasteiger partial charge in [-0.05, 0) is 18.6 Å². The van der Waals surface area contributed by atoms with E-state index in [2.05, 4.69) is 5.43 Å². The summed E-state index contributed by atoms with van der Waals surface area (Å²) in [6, 6.07) is 5.71. The van der Waals surface area contributed by atoms with Gasteiger partial charge in [-0.15, -0.1) is 12.4 Å². The van der Waals surface area contributed by atoms with Crippen molar-refractivity contribution < 1.29 is 4.74 Å². The van der Waals surface area contributed by atoms with Gasteiger partial charge in [0.05, 0.1) is 12.8 Å². The van der Waals surface area contributed by atoms with Crippen LogP contribution in [0.3, 0.4) is 0 Å². The maximum absolute atomic E-state index is 5.27. The second-order valence-corrected chi connectivity index (χ2v) is 2.33. The Morgan fingerprint density at radius 2 is 2.08 bits per heavy atom. The maximum Gasteiger partial charge on any atom is 0.120 e. The van der Waals surface area contributed by atoms with Crippen LogP contribution in [0.25, 0.3) is 0 Å². The molecule has 0 aromatic heterocycles. The fraction of sp³-hybridized carbons (Fsp3) is 0.250. The number of nitrogens with one attached hydrogen (secondary N) is 1. The van der Waals surface area contributed by atoms with Gasteiger partial charge in [0.15, 0.2) is 0 Å². The Labute approximate surface area is 78.3 Å². The highest BCUT2D eigenvalue weighted by molar-refractivity contribution is 5.85. The second-order valence-electron chi connectivity index (χ2n) is 2.33. The lowest BCUT2D eigenvalue weighted by Gasteiger charge is -2.06. The van der Waals surface area contributed by atoms with E-state index in [1.54, 1.807) is 7.11 Å². The lowest BCUT2D eigenvalue weighted by atomic mass is 10.2. The van der Waals surface area contributed by atoms with Crippen LogP contribution in [-0.4, -0.2) is 7.11 Å². The number of hydrogen-bond donors (Lipinski definition) is 2. The molecule has 0 atom stereocenters. The molecular formula is C8H13ClN2O. The number of ether oxygens (including phenoxy) is 1. The highest BCUT2D eigenvalue weighted by Gasteiger charge is 1.96. The number of nitrogen functional groups attached to an aromatic ring is 1. The predicted molar refractivity (Wildman–Crippen MR) is 52.8 cm³/mol. The zero-order valence-electron chi connectivity index (χ0n) is 7.13. The smallest absolute Gasteiger partial charge is 0.120 e. The zero-order valence-corrected chi connectivity index (χ0v) is 7.94. The average molecular weight is 189 g/mol. The summed E-state index contributed by atoms with van der Waals surface area (Å²) in [5.41, 5.74) is 4.59. The summed E-state index contributed by atoms with van der Waals surface area (Å²) in [5, 5.41) is 0. The van der Waals surface area contributed by atoms with Crippen LogP contribution in [0.1, 0.15) is 5.56 Å². The number of benzene rings is 1. The molecule has 1 aromatic rings. The molecule has 68 valence electrons. The van der Waals surface area contributed by atoms with E-state index in [0.717, 1.165) is 17.0 Å². The van der Waals surface area contributed by atoms with E-state index in [9.17, 15) is 0 Å². The van der Waals surface area contributed by atoms with Crippen molar-refractivity contribution in [1.29, 1.82) is 0 Å². The van der Waals surface area contributed by atoms with Crippen molar-refractivity contribution in [1.82, 2.24) is 0 Å². The molecule has 12 heavy (non-hydrogen) atoms. The summed E-state index contributed by atoms with van der Waals surface area (Å²) in [6.45, 7) is 1.98. The molecule has 1 rings (SSSR count). The molecule has 3 nitrogen and oxygen atoms in total. The van der Waals surface area contributed by atoms with Crippen LogP contribution in [0.2, 0.25) is 0 Å². The number of aryl methyl sites for hydroxylation is 1. The van der Waals surface area contributed by atoms with E-state index in [1.165, 1.54) is 0 Å². The Morgan fingerprint density at radius 3 is 2.58 bits per heavy atom. The van der Waals surface area contributed by atoms with Crippen molar-refractivity contribution >= 4 is 18.1 Å². The second kappa shape index (κ2) is 4.85. The molecule has 4 heteroatoms. The summed E-state index contributed by atoms with van der Waals surface area (Å²) in [4.78, 5) is 0. The van der Waals surface area contributed by atoms with Gasteiger partial charge in [-0.3, -0.25) is 5.84 Å². The van der Waals surface area contributed by atoms with E-state index in [-0.39, 0.29) is 12.4 Å². The fourth-order valence-corrected chi connectivity index (χ4v) is 0.884. The van der Waals surface area contributed by atoms with Gasteiger partial charge in [0.1, 0.15) is 5.75 Å². The predicted octanol–water partition coefficient (Wildman–Crippen LogP) is 1.71. The van der Waals surface area contributed by atoms with Gasteiger partial charge < -0.3 is 10.2 Å². The van der Waals surface area contributed by atoms with E-state index in [4.69, 9.17) is 10.6 Å². The molecule has 0 saturated carbocycles. The van der Waals surface area contributed by atoms with Crippen LogP contribution >= 0.6 is 12.4 Å². The standard InChI is InChI=1S/C8H12N2O.ClH/c1-6-3-4-7(11-2)5-8(6)10-9;/h3-5,10H,9H2,1-2H3;1H. The summed E-state index contributed by atoms with van der Waals surface area (Å²) >= 11 is 0. The van der Waals surface area contributed by atoms with Gasteiger partial charge in [-0.1, -0.05) is 6.07 Å². The molecule has 0 saturated heterocycles. The Balaban J connectivity index is 0.00000121. The third-order valence-corrected chi connectivity index (χ3v) is 1.60. The third kappa shape index (κ3) is 2.29. The van der Waals surface area contributed by atoms with Crippen LogP contribution in [0.15, 0.2) is 18.2 Å². The molecule has 0 aliphatic heterocycles. The minimum atomic E-state index is 0. The molecule has 0 heterocycles. The number of hydrogen-bond acceptors (Lipinski definition) is 3. The van der Waals surface area contributed by atoms with Crippen LogP contribution in [-0.2, 0) is 0 Å². The van der Waals surface area contributed by atoms with Crippen molar-refractivity contribution in [2.24, 2.45) is 5.84 Å². The highest BCUT2D eigenvalue weighted by Crippen LogP contribution is 2.20. The first-order valence-corrected chi connectivity index (χ1v) is 3.39. The summed E-state index contributed by atoms with van der Waals surface area (Å²) < 4.78 is 5.02. The zero-order chi connectivity index (χ0) is 8.27. The molecular weight excluding hydrogens is 176 g/mol. The third-order valence-electron chi connectivity index (χ3n) is 1.60. The molecule has 0 aliphatic carbocycles. The fourth-order valence-electron chi connectivity index (χ4n) is 0.884. The number of nitrogens with two attached hydrogens (primary N) is 1. The van der Waals surface area contributed by atoms with Crippen LogP contribution in [0.4, 0.5) is 5.69 Å². The SMILES string of the molecule is COc1ccc(C)c(NN)c1.Cl. The summed E-state index contributed by atoms with van der Waals surface area (Å²) in [6.07, 6.45) is 0. The number of halogens is 1. The first-order valence-electron chi connectivity index (χ1n) is 3.39. The Morgan fingerprint density at radius 1 is 1.42 bits per heavy atom. The minimum absolute atomic E-state index is 0. The Hall–Kier alpha value is -0.930. The number of rotatable bonds is 2. The molecule has 0 spiro atoms. The summed E-state index contributed by atoms with van der Waals surface area (Å²) in [7, 11) is 1.63. The van der Waals surface area contributed by atoms with E-state index >= 15 is 0 Å². The van der Waals surface area contributed by atoms with Crippen LogP contribution in [0, 0.1) is 6.92 Å². The Kier molecular flexibility index (Phi) is 4.47. The molecule has 0 unspecified atom stereocenters. The molecule has 0 bridgehead atoms. The highest BCUT2D eigenvalue weighted by atomic mass is 35.5. The van der Waals surface area contributed by atoms with E-state index in [0.29, 0.717) is 0 Å². The monoisotopic (exact) mass is 188 g/mol. The Bertz CT molecular complexity index is 253. The molecule has 0 fully saturated rings. The van der Waals surface area contributed by atoms with Gasteiger partial charge in [0, 0.05) is 6.07 Å². The van der Waals surface area contributed by atoms with E-state index < -0.39 is 0 Å². The number of hydrazine groups is 1. The van der Waals surface area contributed by atoms with Crippen LogP contribution in [0.5, 0.6) is 5.75 Å². The minimum Gasteiger partial charge on any atom is -0.497 e. The van der Waals surface area contributed by atoms with Crippen molar-refractivity contribution in [2.45, 2.75) is 6.92 Å². The van der Waals surface area contributed by atoms with Crippen molar-refractivity contribution in [3.05, 3.63) is 23.8 Å². The van der Waals surface area contributed by atoms with Gasteiger partial charge in [0.2, 0.25) is 0 Å². The van der Waals surface area contributed by atoms with E-state index in [1.807, 2.05) is 25.1 Å². The molecule has 0 radical (unpaired) electrons. The maximum atomic E-state index is 5.27. The molecule has 0 amide bonds. The lowest BCUT2D eigenvalue weighted by Crippen LogP contribution is -2.08. The topological polar surface area (TPSA) is 47.3 Å². The lowest BCUT2D eigenvalue weighted by molar-refractivity contribution is 0.415. The van der Waals surface area contributed by atoms with Crippen molar-refractivity contribution in [3.63, 3.8) is 0 Å². The van der Waals surface area contributed by atoms with Gasteiger partial charge in [-0.2, -0.15) is 0 Å². The quantitative estimate of drug-likeness (QED) is 0.549. The molecule has 3 N–H and O–H groups in total. The normalized spacial score (nSPS) is 8.58. The summed E-state index contributed by atoms with van der Waals surface area (Å²) in [5.74, 6) is 6.08. The first kappa shape index (κ1) is 11.1. The van der Waals surface area contributed by atoms with Gasteiger partial charge in [0.25, 0.3) is 0 Å². The largest absolute Gasteiger partial charge is 0.497 e. The molecule has 1 aromatic carbocycles. The number of methoxy groups -OCH3 is 1. The van der Waals surface area contributed by atoms with Gasteiger partial charge in [-0.25, -0.2) is 0 Å². The molecule has 0 aliphatic rings.